The highest BCUT2D eigenvalue weighted by Gasteiger charge is 2.34. The Bertz CT molecular complexity index is 598. The van der Waals surface area contributed by atoms with Crippen molar-refractivity contribution in [3.8, 4) is 0 Å². The number of carbonyl (C=O) groups excluding carboxylic acids is 2. The first-order valence-corrected chi connectivity index (χ1v) is 8.40. The topological polar surface area (TPSA) is 86.7 Å². The largest absolute Gasteiger partial charge is 0.481 e. The van der Waals surface area contributed by atoms with Gasteiger partial charge in [-0.25, -0.2) is 0 Å². The minimum absolute atomic E-state index is 0.0744. The number of anilines is 1. The van der Waals surface area contributed by atoms with E-state index >= 15 is 0 Å². The first-order chi connectivity index (χ1) is 11.5. The molecule has 24 heavy (non-hydrogen) atoms. The number of amides is 2. The molecule has 1 saturated heterocycles. The number of nitrogens with one attached hydrogen (secondary N) is 1. The van der Waals surface area contributed by atoms with Gasteiger partial charge in [0, 0.05) is 25.2 Å². The van der Waals surface area contributed by atoms with Gasteiger partial charge in [-0.05, 0) is 30.5 Å². The second-order valence-corrected chi connectivity index (χ2v) is 6.11. The van der Waals surface area contributed by atoms with E-state index in [4.69, 9.17) is 5.11 Å². The van der Waals surface area contributed by atoms with Crippen LogP contribution in [0, 0.1) is 5.92 Å². The molecule has 0 aromatic heterocycles. The van der Waals surface area contributed by atoms with Crippen molar-refractivity contribution in [2.24, 2.45) is 5.92 Å². The van der Waals surface area contributed by atoms with Crippen LogP contribution in [0.2, 0.25) is 0 Å². The van der Waals surface area contributed by atoms with Crippen LogP contribution >= 0.6 is 0 Å². The second kappa shape index (κ2) is 8.47. The van der Waals surface area contributed by atoms with E-state index in [1.807, 2.05) is 24.3 Å². The summed E-state index contributed by atoms with van der Waals surface area (Å²) in [5.74, 6) is -1.71. The minimum atomic E-state index is -0.956. The van der Waals surface area contributed by atoms with Crippen molar-refractivity contribution in [2.75, 3.05) is 18.0 Å². The summed E-state index contributed by atoms with van der Waals surface area (Å²) < 4.78 is 0. The first-order valence-electron chi connectivity index (χ1n) is 8.40. The highest BCUT2D eigenvalue weighted by molar-refractivity contribution is 6.00. The fourth-order valence-electron chi connectivity index (χ4n) is 2.79. The van der Waals surface area contributed by atoms with Crippen LogP contribution in [0.4, 0.5) is 5.69 Å². The van der Waals surface area contributed by atoms with Crippen molar-refractivity contribution in [2.45, 2.75) is 39.0 Å². The summed E-state index contributed by atoms with van der Waals surface area (Å²) in [6, 6.07) is 7.90. The van der Waals surface area contributed by atoms with Gasteiger partial charge < -0.3 is 15.3 Å². The summed E-state index contributed by atoms with van der Waals surface area (Å²) in [6.45, 7) is 2.58. The third-order valence-corrected chi connectivity index (χ3v) is 4.20. The standard InChI is InChI=1S/C18H24N2O4/c1-2-3-4-13-5-7-15(8-6-13)20-12-14(11-16(20)21)18(24)19-10-9-17(22)23/h5-8,14H,2-4,9-12H2,1H3,(H,19,24)(H,22,23). The molecular formula is C18H24N2O4. The molecule has 2 amide bonds. The molecule has 0 spiro atoms. The molecule has 1 atom stereocenters. The zero-order valence-electron chi connectivity index (χ0n) is 14.0. The van der Waals surface area contributed by atoms with Crippen LogP contribution in [0.1, 0.15) is 38.2 Å². The predicted octanol–water partition coefficient (Wildman–Crippen LogP) is 1.97. The van der Waals surface area contributed by atoms with E-state index < -0.39 is 11.9 Å². The lowest BCUT2D eigenvalue weighted by atomic mass is 10.1. The van der Waals surface area contributed by atoms with Crippen molar-refractivity contribution in [3.63, 3.8) is 0 Å². The van der Waals surface area contributed by atoms with E-state index in [9.17, 15) is 14.4 Å². The van der Waals surface area contributed by atoms with Gasteiger partial charge >= 0.3 is 5.97 Å². The van der Waals surface area contributed by atoms with E-state index in [1.165, 1.54) is 5.56 Å². The van der Waals surface area contributed by atoms with Gasteiger partial charge in [0.05, 0.1) is 12.3 Å². The minimum Gasteiger partial charge on any atom is -0.481 e. The molecular weight excluding hydrogens is 308 g/mol. The molecule has 130 valence electrons. The first kappa shape index (κ1) is 18.0. The number of aliphatic carboxylic acids is 1. The van der Waals surface area contributed by atoms with Gasteiger partial charge in [0.2, 0.25) is 11.8 Å². The maximum atomic E-state index is 12.2. The van der Waals surface area contributed by atoms with Crippen molar-refractivity contribution >= 4 is 23.5 Å². The van der Waals surface area contributed by atoms with E-state index in [-0.39, 0.29) is 31.2 Å². The Labute approximate surface area is 141 Å². The summed E-state index contributed by atoms with van der Waals surface area (Å²) in [6.07, 6.45) is 3.36. The predicted molar refractivity (Wildman–Crippen MR) is 90.8 cm³/mol. The maximum absolute atomic E-state index is 12.2. The number of hydrogen-bond donors (Lipinski definition) is 2. The second-order valence-electron chi connectivity index (χ2n) is 6.11. The Morgan fingerprint density at radius 3 is 2.62 bits per heavy atom. The molecule has 2 N–H and O–H groups in total. The van der Waals surface area contributed by atoms with Crippen LogP contribution in [0.3, 0.4) is 0 Å². The van der Waals surface area contributed by atoms with Crippen molar-refractivity contribution < 1.29 is 19.5 Å². The van der Waals surface area contributed by atoms with Crippen LogP contribution in [0.25, 0.3) is 0 Å². The van der Waals surface area contributed by atoms with Crippen LogP contribution in [-0.4, -0.2) is 36.0 Å². The summed E-state index contributed by atoms with van der Waals surface area (Å²) in [7, 11) is 0. The normalized spacial score (nSPS) is 17.1. The van der Waals surface area contributed by atoms with Gasteiger partial charge in [-0.1, -0.05) is 25.5 Å². The SMILES string of the molecule is CCCCc1ccc(N2CC(C(=O)NCCC(=O)O)CC2=O)cc1. The quantitative estimate of drug-likeness (QED) is 0.762. The number of rotatable bonds is 8. The lowest BCUT2D eigenvalue weighted by molar-refractivity contribution is -0.137. The third-order valence-electron chi connectivity index (χ3n) is 4.20. The molecule has 1 unspecified atom stereocenters. The highest BCUT2D eigenvalue weighted by atomic mass is 16.4. The highest BCUT2D eigenvalue weighted by Crippen LogP contribution is 2.25. The third kappa shape index (κ3) is 4.81. The van der Waals surface area contributed by atoms with Crippen molar-refractivity contribution in [1.29, 1.82) is 0 Å². The fraction of sp³-hybridized carbons (Fsp3) is 0.500. The Balaban J connectivity index is 1.91. The number of aryl methyl sites for hydroxylation is 1. The zero-order valence-corrected chi connectivity index (χ0v) is 14.0. The van der Waals surface area contributed by atoms with E-state index in [0.29, 0.717) is 6.54 Å². The number of benzene rings is 1. The molecule has 1 aliphatic heterocycles. The van der Waals surface area contributed by atoms with Crippen LogP contribution in [0.15, 0.2) is 24.3 Å². The molecule has 0 aliphatic carbocycles. The Hall–Kier alpha value is -2.37. The smallest absolute Gasteiger partial charge is 0.305 e. The van der Waals surface area contributed by atoms with E-state index in [2.05, 4.69) is 12.2 Å². The van der Waals surface area contributed by atoms with E-state index in [1.54, 1.807) is 4.90 Å². The van der Waals surface area contributed by atoms with Crippen LogP contribution in [-0.2, 0) is 20.8 Å². The summed E-state index contributed by atoms with van der Waals surface area (Å²) in [5, 5.41) is 11.2. The van der Waals surface area contributed by atoms with Crippen molar-refractivity contribution in [3.05, 3.63) is 29.8 Å². The molecule has 1 aliphatic rings. The number of unbranched alkanes of at least 4 members (excludes halogenated alkanes) is 1. The Kier molecular flexibility index (Phi) is 6.35. The molecule has 0 radical (unpaired) electrons. The lowest BCUT2D eigenvalue weighted by Gasteiger charge is -2.17. The lowest BCUT2D eigenvalue weighted by Crippen LogP contribution is -2.34. The van der Waals surface area contributed by atoms with Gasteiger partial charge in [0.1, 0.15) is 0 Å². The van der Waals surface area contributed by atoms with Gasteiger partial charge in [-0.15, -0.1) is 0 Å². The number of hydrogen-bond acceptors (Lipinski definition) is 3. The van der Waals surface area contributed by atoms with Gasteiger partial charge in [0.25, 0.3) is 0 Å². The summed E-state index contributed by atoms with van der Waals surface area (Å²) in [5.41, 5.74) is 2.05. The van der Waals surface area contributed by atoms with Gasteiger partial charge in [0.15, 0.2) is 0 Å². The molecule has 0 saturated carbocycles. The average Bonchev–Trinajstić information content (AvgIpc) is 2.95. The number of carboxylic acid groups (broad SMARTS) is 1. The number of carbonyl (C=O) groups is 3. The number of carboxylic acids is 1. The molecule has 0 bridgehead atoms. The molecule has 1 heterocycles. The molecule has 6 nitrogen and oxygen atoms in total. The number of nitrogens with zero attached hydrogens (tertiary/aromatic N) is 1. The van der Waals surface area contributed by atoms with E-state index in [0.717, 1.165) is 24.9 Å². The molecule has 1 fully saturated rings. The fourth-order valence-corrected chi connectivity index (χ4v) is 2.79. The van der Waals surface area contributed by atoms with Crippen molar-refractivity contribution in [1.82, 2.24) is 5.32 Å². The van der Waals surface area contributed by atoms with Gasteiger partial charge in [-0.3, -0.25) is 14.4 Å². The Morgan fingerprint density at radius 2 is 2.00 bits per heavy atom. The Morgan fingerprint density at radius 1 is 1.29 bits per heavy atom. The molecule has 1 aromatic carbocycles. The zero-order chi connectivity index (χ0) is 17.5. The molecule has 6 heteroatoms. The summed E-state index contributed by atoms with van der Waals surface area (Å²) >= 11 is 0. The molecule has 2 rings (SSSR count). The monoisotopic (exact) mass is 332 g/mol. The van der Waals surface area contributed by atoms with Crippen LogP contribution < -0.4 is 10.2 Å². The van der Waals surface area contributed by atoms with Crippen LogP contribution in [0.5, 0.6) is 0 Å². The maximum Gasteiger partial charge on any atom is 0.305 e. The molecule has 1 aromatic rings. The average molecular weight is 332 g/mol. The van der Waals surface area contributed by atoms with Gasteiger partial charge in [-0.2, -0.15) is 0 Å². The summed E-state index contributed by atoms with van der Waals surface area (Å²) in [4.78, 5) is 36.3.